The van der Waals surface area contributed by atoms with Crippen molar-refractivity contribution in [2.75, 3.05) is 20.1 Å². The molecule has 1 unspecified atom stereocenters. The summed E-state index contributed by atoms with van der Waals surface area (Å²) in [5.41, 5.74) is 2.47. The van der Waals surface area contributed by atoms with Gasteiger partial charge in [0.1, 0.15) is 0 Å². The highest BCUT2D eigenvalue weighted by atomic mass is 16.2. The second kappa shape index (κ2) is 4.84. The molecule has 1 atom stereocenters. The standard InChI is InChI=1S/C13H19N3O/c1-9-4-5-12(10(2)15-9)13(17)16(3)11-6-7-14-8-11/h4-5,11,14H,6-8H2,1-3H3. The highest BCUT2D eigenvalue weighted by Gasteiger charge is 2.24. The third-order valence-electron chi connectivity index (χ3n) is 3.36. The van der Waals surface area contributed by atoms with E-state index in [0.29, 0.717) is 11.6 Å². The van der Waals surface area contributed by atoms with Gasteiger partial charge >= 0.3 is 0 Å². The van der Waals surface area contributed by atoms with Gasteiger partial charge in [0.05, 0.1) is 11.3 Å². The molecule has 1 aromatic rings. The second-order valence-electron chi connectivity index (χ2n) is 4.65. The van der Waals surface area contributed by atoms with E-state index >= 15 is 0 Å². The maximum atomic E-state index is 12.3. The van der Waals surface area contributed by atoms with E-state index in [0.717, 1.165) is 30.9 Å². The van der Waals surface area contributed by atoms with Crippen LogP contribution >= 0.6 is 0 Å². The molecule has 1 saturated heterocycles. The van der Waals surface area contributed by atoms with Gasteiger partial charge in [-0.25, -0.2) is 0 Å². The van der Waals surface area contributed by atoms with Crippen LogP contribution in [-0.4, -0.2) is 42.0 Å². The molecule has 0 spiro atoms. The second-order valence-corrected chi connectivity index (χ2v) is 4.65. The first-order valence-corrected chi connectivity index (χ1v) is 6.01. The summed E-state index contributed by atoms with van der Waals surface area (Å²) in [5, 5.41) is 3.27. The van der Waals surface area contributed by atoms with Gasteiger partial charge in [0, 0.05) is 25.3 Å². The number of hydrogen-bond donors (Lipinski definition) is 1. The fourth-order valence-electron chi connectivity index (χ4n) is 2.24. The number of amides is 1. The number of aryl methyl sites for hydroxylation is 2. The zero-order valence-electron chi connectivity index (χ0n) is 10.7. The number of pyridine rings is 1. The molecule has 1 N–H and O–H groups in total. The number of aromatic nitrogens is 1. The number of carbonyl (C=O) groups is 1. The van der Waals surface area contributed by atoms with Crippen molar-refractivity contribution in [3.63, 3.8) is 0 Å². The van der Waals surface area contributed by atoms with E-state index < -0.39 is 0 Å². The molecule has 4 nitrogen and oxygen atoms in total. The van der Waals surface area contributed by atoms with Crippen LogP contribution in [-0.2, 0) is 0 Å². The predicted octanol–water partition coefficient (Wildman–Crippen LogP) is 1.13. The lowest BCUT2D eigenvalue weighted by Gasteiger charge is -2.24. The Morgan fingerprint density at radius 1 is 1.47 bits per heavy atom. The van der Waals surface area contributed by atoms with Gasteiger partial charge in [-0.1, -0.05) is 0 Å². The van der Waals surface area contributed by atoms with E-state index in [1.165, 1.54) is 0 Å². The number of nitrogens with one attached hydrogen (secondary N) is 1. The lowest BCUT2D eigenvalue weighted by molar-refractivity contribution is 0.0742. The van der Waals surface area contributed by atoms with Crippen molar-refractivity contribution in [3.8, 4) is 0 Å². The fraction of sp³-hybridized carbons (Fsp3) is 0.538. The predicted molar refractivity (Wildman–Crippen MR) is 67.1 cm³/mol. The monoisotopic (exact) mass is 233 g/mol. The van der Waals surface area contributed by atoms with Crippen LogP contribution in [0.25, 0.3) is 0 Å². The molecular weight excluding hydrogens is 214 g/mol. The maximum Gasteiger partial charge on any atom is 0.255 e. The Balaban J connectivity index is 2.18. The summed E-state index contributed by atoms with van der Waals surface area (Å²) in [6.07, 6.45) is 1.03. The van der Waals surface area contributed by atoms with Crippen LogP contribution in [0.2, 0.25) is 0 Å². The van der Waals surface area contributed by atoms with Gasteiger partial charge in [0.25, 0.3) is 5.91 Å². The molecule has 17 heavy (non-hydrogen) atoms. The first kappa shape index (κ1) is 12.0. The molecule has 92 valence electrons. The van der Waals surface area contributed by atoms with Crippen molar-refractivity contribution < 1.29 is 4.79 Å². The summed E-state index contributed by atoms with van der Waals surface area (Å²) >= 11 is 0. The molecule has 1 aromatic heterocycles. The molecule has 0 aliphatic carbocycles. The Kier molecular flexibility index (Phi) is 3.43. The minimum Gasteiger partial charge on any atom is -0.337 e. The van der Waals surface area contributed by atoms with Crippen LogP contribution in [0.4, 0.5) is 0 Å². The van der Waals surface area contributed by atoms with Crippen LogP contribution < -0.4 is 5.32 Å². The van der Waals surface area contributed by atoms with Crippen molar-refractivity contribution in [1.82, 2.24) is 15.2 Å². The first-order valence-electron chi connectivity index (χ1n) is 6.01. The Labute approximate surface area is 102 Å². The van der Waals surface area contributed by atoms with E-state index in [4.69, 9.17) is 0 Å². The fourth-order valence-corrected chi connectivity index (χ4v) is 2.24. The SMILES string of the molecule is Cc1ccc(C(=O)N(C)C2CCNC2)c(C)n1. The highest BCUT2D eigenvalue weighted by molar-refractivity contribution is 5.95. The van der Waals surface area contributed by atoms with Gasteiger partial charge in [-0.2, -0.15) is 0 Å². The minimum atomic E-state index is 0.0729. The molecule has 1 aliphatic heterocycles. The van der Waals surface area contributed by atoms with Gasteiger partial charge < -0.3 is 10.2 Å². The number of carbonyl (C=O) groups excluding carboxylic acids is 1. The largest absolute Gasteiger partial charge is 0.337 e. The smallest absolute Gasteiger partial charge is 0.255 e. The van der Waals surface area contributed by atoms with E-state index in [-0.39, 0.29) is 5.91 Å². The van der Waals surface area contributed by atoms with E-state index in [1.807, 2.05) is 37.9 Å². The molecule has 4 heteroatoms. The van der Waals surface area contributed by atoms with Crippen LogP contribution in [0.5, 0.6) is 0 Å². The van der Waals surface area contributed by atoms with Gasteiger partial charge in [0.2, 0.25) is 0 Å². The van der Waals surface area contributed by atoms with Gasteiger partial charge in [-0.05, 0) is 38.9 Å². The van der Waals surface area contributed by atoms with Crippen molar-refractivity contribution in [2.24, 2.45) is 0 Å². The van der Waals surface area contributed by atoms with E-state index in [1.54, 1.807) is 0 Å². The lowest BCUT2D eigenvalue weighted by Crippen LogP contribution is -2.38. The maximum absolute atomic E-state index is 12.3. The molecule has 2 rings (SSSR count). The molecule has 1 fully saturated rings. The summed E-state index contributed by atoms with van der Waals surface area (Å²) in [4.78, 5) is 18.5. The molecule has 0 saturated carbocycles. The van der Waals surface area contributed by atoms with E-state index in [9.17, 15) is 4.79 Å². The minimum absolute atomic E-state index is 0.0729. The summed E-state index contributed by atoms with van der Waals surface area (Å²) in [6, 6.07) is 4.07. The number of nitrogens with zero attached hydrogens (tertiary/aromatic N) is 2. The average molecular weight is 233 g/mol. The van der Waals surface area contributed by atoms with Gasteiger partial charge in [-0.15, -0.1) is 0 Å². The third-order valence-corrected chi connectivity index (χ3v) is 3.36. The molecule has 0 radical (unpaired) electrons. The van der Waals surface area contributed by atoms with Gasteiger partial charge in [-0.3, -0.25) is 9.78 Å². The highest BCUT2D eigenvalue weighted by Crippen LogP contribution is 2.13. The van der Waals surface area contributed by atoms with Crippen LogP contribution in [0, 0.1) is 13.8 Å². The van der Waals surface area contributed by atoms with Crippen LogP contribution in [0.1, 0.15) is 28.2 Å². The summed E-state index contributed by atoms with van der Waals surface area (Å²) in [7, 11) is 1.87. The molecule has 0 aromatic carbocycles. The van der Waals surface area contributed by atoms with Crippen molar-refractivity contribution in [1.29, 1.82) is 0 Å². The quantitative estimate of drug-likeness (QED) is 0.833. The normalized spacial score (nSPS) is 19.4. The summed E-state index contributed by atoms with van der Waals surface area (Å²) < 4.78 is 0. The lowest BCUT2D eigenvalue weighted by atomic mass is 10.1. The van der Waals surface area contributed by atoms with Gasteiger partial charge in [0.15, 0.2) is 0 Å². The summed E-state index contributed by atoms with van der Waals surface area (Å²) in [6.45, 7) is 5.71. The van der Waals surface area contributed by atoms with Crippen molar-refractivity contribution in [2.45, 2.75) is 26.3 Å². The molecular formula is C13H19N3O. The molecule has 1 aliphatic rings. The molecule has 2 heterocycles. The first-order chi connectivity index (χ1) is 8.09. The molecule has 1 amide bonds. The van der Waals surface area contributed by atoms with Crippen molar-refractivity contribution in [3.05, 3.63) is 29.1 Å². The summed E-state index contributed by atoms with van der Waals surface area (Å²) in [5.74, 6) is 0.0729. The average Bonchev–Trinajstić information content (AvgIpc) is 2.80. The third kappa shape index (κ3) is 2.47. The zero-order valence-corrected chi connectivity index (χ0v) is 10.7. The van der Waals surface area contributed by atoms with Crippen molar-refractivity contribution >= 4 is 5.91 Å². The number of rotatable bonds is 2. The topological polar surface area (TPSA) is 45.2 Å². The number of hydrogen-bond acceptors (Lipinski definition) is 3. The Hall–Kier alpha value is -1.42. The number of likely N-dealkylation sites (N-methyl/N-ethyl adjacent to an activating group) is 1. The van der Waals surface area contributed by atoms with E-state index in [2.05, 4.69) is 10.3 Å². The zero-order chi connectivity index (χ0) is 12.4. The molecule has 0 bridgehead atoms. The van der Waals surface area contributed by atoms with Crippen LogP contribution in [0.15, 0.2) is 12.1 Å². The Morgan fingerprint density at radius 2 is 2.24 bits per heavy atom. The Morgan fingerprint density at radius 3 is 2.82 bits per heavy atom. The Bertz CT molecular complexity index is 425. The van der Waals surface area contributed by atoms with Crippen LogP contribution in [0.3, 0.4) is 0 Å².